The van der Waals surface area contributed by atoms with Crippen molar-refractivity contribution >= 4 is 16.9 Å². The molecule has 1 aliphatic heterocycles. The van der Waals surface area contributed by atoms with Crippen LogP contribution in [0.4, 0.5) is 0 Å². The highest BCUT2D eigenvalue weighted by atomic mass is 16.4. The van der Waals surface area contributed by atoms with Gasteiger partial charge in [0.25, 0.3) is 5.91 Å². The first kappa shape index (κ1) is 18.7. The number of rotatable bonds is 4. The second-order valence-electron chi connectivity index (χ2n) is 8.08. The molecule has 5 rings (SSSR count). The van der Waals surface area contributed by atoms with Gasteiger partial charge in [-0.3, -0.25) is 9.89 Å². The van der Waals surface area contributed by atoms with Crippen LogP contribution in [0.15, 0.2) is 40.8 Å². The standard InChI is InChI=1S/C23H25N5O2/c1-14-18(15(2)27-26-14)12-17-9-10-21(30-17)23(29)28-11-5-6-16(13-28)22-24-19-7-3-4-8-20(19)25-22/h3-4,7-10,16H,5-6,11-13H2,1-2H3,(H,24,25)(H,26,27). The number of aromatic amines is 2. The molecule has 154 valence electrons. The third kappa shape index (κ3) is 3.40. The van der Waals surface area contributed by atoms with Crippen LogP contribution in [0.1, 0.15) is 57.9 Å². The number of aromatic nitrogens is 4. The molecule has 0 saturated carbocycles. The number of carbonyl (C=O) groups is 1. The fourth-order valence-corrected chi connectivity index (χ4v) is 4.30. The molecular formula is C23H25N5O2. The van der Waals surface area contributed by atoms with Crippen molar-refractivity contribution in [2.24, 2.45) is 0 Å². The summed E-state index contributed by atoms with van der Waals surface area (Å²) in [7, 11) is 0. The lowest BCUT2D eigenvalue weighted by molar-refractivity contribution is 0.0671. The Morgan fingerprint density at radius 1 is 1.23 bits per heavy atom. The van der Waals surface area contributed by atoms with Crippen molar-refractivity contribution in [1.29, 1.82) is 0 Å². The molecule has 1 fully saturated rings. The van der Waals surface area contributed by atoms with Gasteiger partial charge in [0.1, 0.15) is 11.6 Å². The van der Waals surface area contributed by atoms with Gasteiger partial charge in [-0.15, -0.1) is 0 Å². The van der Waals surface area contributed by atoms with Gasteiger partial charge in [0.05, 0.1) is 16.7 Å². The predicted octanol–water partition coefficient (Wildman–Crippen LogP) is 4.11. The number of hydrogen-bond acceptors (Lipinski definition) is 4. The van der Waals surface area contributed by atoms with Crippen molar-refractivity contribution < 1.29 is 9.21 Å². The summed E-state index contributed by atoms with van der Waals surface area (Å²) < 4.78 is 5.91. The Balaban J connectivity index is 1.30. The minimum absolute atomic E-state index is 0.0531. The van der Waals surface area contributed by atoms with Crippen LogP contribution in [0.3, 0.4) is 0 Å². The number of likely N-dealkylation sites (tertiary alicyclic amines) is 1. The molecule has 1 unspecified atom stereocenters. The molecule has 1 aromatic carbocycles. The molecule has 0 radical (unpaired) electrons. The summed E-state index contributed by atoms with van der Waals surface area (Å²) in [4.78, 5) is 23.1. The molecule has 0 spiro atoms. The summed E-state index contributed by atoms with van der Waals surface area (Å²) in [5.41, 5.74) is 5.11. The number of piperidine rings is 1. The molecule has 1 saturated heterocycles. The third-order valence-electron chi connectivity index (χ3n) is 6.01. The number of amides is 1. The Bertz CT molecular complexity index is 1150. The lowest BCUT2D eigenvalue weighted by Crippen LogP contribution is -2.39. The van der Waals surface area contributed by atoms with Gasteiger partial charge in [-0.1, -0.05) is 12.1 Å². The molecule has 30 heavy (non-hydrogen) atoms. The number of hydrogen-bond donors (Lipinski definition) is 2. The first-order valence-corrected chi connectivity index (χ1v) is 10.4. The Labute approximate surface area is 174 Å². The van der Waals surface area contributed by atoms with E-state index < -0.39 is 0 Å². The van der Waals surface area contributed by atoms with Gasteiger partial charge < -0.3 is 14.3 Å². The van der Waals surface area contributed by atoms with E-state index in [1.54, 1.807) is 6.07 Å². The van der Waals surface area contributed by atoms with Crippen molar-refractivity contribution in [3.63, 3.8) is 0 Å². The number of H-pyrrole nitrogens is 2. The second kappa shape index (κ2) is 7.48. The van der Waals surface area contributed by atoms with Crippen LogP contribution in [-0.4, -0.2) is 44.1 Å². The highest BCUT2D eigenvalue weighted by Crippen LogP contribution is 2.28. The highest BCUT2D eigenvalue weighted by molar-refractivity contribution is 5.91. The van der Waals surface area contributed by atoms with Crippen molar-refractivity contribution in [3.8, 4) is 0 Å². The molecule has 1 amide bonds. The maximum atomic E-state index is 13.1. The number of benzene rings is 1. The lowest BCUT2D eigenvalue weighted by atomic mass is 9.97. The molecule has 0 aliphatic carbocycles. The van der Waals surface area contributed by atoms with Crippen molar-refractivity contribution in [2.45, 2.75) is 39.0 Å². The minimum Gasteiger partial charge on any atom is -0.456 e. The largest absolute Gasteiger partial charge is 0.456 e. The van der Waals surface area contributed by atoms with Crippen molar-refractivity contribution in [2.75, 3.05) is 13.1 Å². The predicted molar refractivity (Wildman–Crippen MR) is 114 cm³/mol. The van der Waals surface area contributed by atoms with Gasteiger partial charge in [0, 0.05) is 36.7 Å². The molecule has 7 heteroatoms. The molecule has 4 aromatic rings. The fraction of sp³-hybridized carbons (Fsp3) is 0.348. The zero-order chi connectivity index (χ0) is 20.7. The van der Waals surface area contributed by atoms with Gasteiger partial charge >= 0.3 is 0 Å². The Morgan fingerprint density at radius 2 is 2.10 bits per heavy atom. The first-order valence-electron chi connectivity index (χ1n) is 10.4. The fourth-order valence-electron chi connectivity index (χ4n) is 4.30. The normalized spacial score (nSPS) is 17.0. The number of furan rings is 1. The smallest absolute Gasteiger partial charge is 0.289 e. The van der Waals surface area contributed by atoms with E-state index in [2.05, 4.69) is 15.2 Å². The van der Waals surface area contributed by atoms with E-state index in [1.807, 2.05) is 49.1 Å². The maximum Gasteiger partial charge on any atom is 0.289 e. The minimum atomic E-state index is -0.0531. The van der Waals surface area contributed by atoms with E-state index in [0.717, 1.165) is 59.0 Å². The molecule has 2 N–H and O–H groups in total. The molecule has 7 nitrogen and oxygen atoms in total. The number of nitrogens with zero attached hydrogens (tertiary/aromatic N) is 3. The lowest BCUT2D eigenvalue weighted by Gasteiger charge is -2.31. The van der Waals surface area contributed by atoms with Gasteiger partial charge in [-0.05, 0) is 51.0 Å². The SMILES string of the molecule is Cc1n[nH]c(C)c1Cc1ccc(C(=O)N2CCCC(c3nc4ccccc4[nH]3)C2)o1. The van der Waals surface area contributed by atoms with E-state index in [4.69, 9.17) is 9.40 Å². The van der Waals surface area contributed by atoms with Crippen LogP contribution in [0, 0.1) is 13.8 Å². The summed E-state index contributed by atoms with van der Waals surface area (Å²) in [6, 6.07) is 11.7. The second-order valence-corrected chi connectivity index (χ2v) is 8.08. The Morgan fingerprint density at radius 3 is 2.90 bits per heavy atom. The summed E-state index contributed by atoms with van der Waals surface area (Å²) in [5.74, 6) is 2.29. The molecule has 0 bridgehead atoms. The number of para-hydroxylation sites is 2. The Hall–Kier alpha value is -3.35. The number of aryl methyl sites for hydroxylation is 2. The number of fused-ring (bicyclic) bond motifs is 1. The van der Waals surface area contributed by atoms with Gasteiger partial charge in [-0.2, -0.15) is 5.10 Å². The number of carbonyl (C=O) groups excluding carboxylic acids is 1. The number of imidazole rings is 1. The molecule has 4 heterocycles. The van der Waals surface area contributed by atoms with E-state index in [0.29, 0.717) is 18.7 Å². The molecular weight excluding hydrogens is 378 g/mol. The van der Waals surface area contributed by atoms with Crippen LogP contribution in [-0.2, 0) is 6.42 Å². The summed E-state index contributed by atoms with van der Waals surface area (Å²) >= 11 is 0. The van der Waals surface area contributed by atoms with Crippen molar-refractivity contribution in [1.82, 2.24) is 25.1 Å². The maximum absolute atomic E-state index is 13.1. The first-order chi connectivity index (χ1) is 14.6. The van der Waals surface area contributed by atoms with E-state index in [-0.39, 0.29) is 11.8 Å². The average Bonchev–Trinajstić information content (AvgIpc) is 3.48. The van der Waals surface area contributed by atoms with E-state index >= 15 is 0 Å². The summed E-state index contributed by atoms with van der Waals surface area (Å²) in [6.45, 7) is 5.36. The average molecular weight is 403 g/mol. The van der Waals surface area contributed by atoms with Crippen molar-refractivity contribution in [3.05, 3.63) is 70.7 Å². The summed E-state index contributed by atoms with van der Waals surface area (Å²) in [5, 5.41) is 7.22. The van der Waals surface area contributed by atoms with Gasteiger partial charge in [-0.25, -0.2) is 4.98 Å². The van der Waals surface area contributed by atoms with Crippen LogP contribution in [0.25, 0.3) is 11.0 Å². The zero-order valence-corrected chi connectivity index (χ0v) is 17.2. The Kier molecular flexibility index (Phi) is 4.65. The molecule has 1 atom stereocenters. The monoisotopic (exact) mass is 403 g/mol. The highest BCUT2D eigenvalue weighted by Gasteiger charge is 2.29. The molecule has 3 aromatic heterocycles. The van der Waals surface area contributed by atoms with Crippen LogP contribution < -0.4 is 0 Å². The molecule has 1 aliphatic rings. The quantitative estimate of drug-likeness (QED) is 0.537. The number of nitrogens with one attached hydrogen (secondary N) is 2. The van der Waals surface area contributed by atoms with E-state index in [9.17, 15) is 4.79 Å². The van der Waals surface area contributed by atoms with Crippen LogP contribution in [0.5, 0.6) is 0 Å². The van der Waals surface area contributed by atoms with E-state index in [1.165, 1.54) is 0 Å². The van der Waals surface area contributed by atoms with Crippen LogP contribution >= 0.6 is 0 Å². The van der Waals surface area contributed by atoms with Gasteiger partial charge in [0.2, 0.25) is 0 Å². The topological polar surface area (TPSA) is 90.8 Å². The zero-order valence-electron chi connectivity index (χ0n) is 17.2. The third-order valence-corrected chi connectivity index (χ3v) is 6.01. The van der Waals surface area contributed by atoms with Crippen LogP contribution in [0.2, 0.25) is 0 Å². The van der Waals surface area contributed by atoms with Gasteiger partial charge in [0.15, 0.2) is 5.76 Å². The summed E-state index contributed by atoms with van der Waals surface area (Å²) in [6.07, 6.45) is 2.60.